The van der Waals surface area contributed by atoms with Gasteiger partial charge in [0, 0.05) is 43.7 Å². The predicted molar refractivity (Wildman–Crippen MR) is 127 cm³/mol. The maximum absolute atomic E-state index is 13.7. The van der Waals surface area contributed by atoms with Crippen LogP contribution in [0.2, 0.25) is 0 Å². The van der Waals surface area contributed by atoms with Crippen LogP contribution in [-0.4, -0.2) is 46.8 Å². The monoisotopic (exact) mass is 498 g/mol. The third-order valence-corrected chi connectivity index (χ3v) is 6.50. The fourth-order valence-corrected chi connectivity index (χ4v) is 4.63. The third kappa shape index (κ3) is 4.83. The van der Waals surface area contributed by atoms with Crippen molar-refractivity contribution in [3.05, 3.63) is 83.2 Å². The molecule has 6 nitrogen and oxygen atoms in total. The highest BCUT2D eigenvalue weighted by molar-refractivity contribution is 5.76. The Balaban J connectivity index is 1.24. The SMILES string of the molecule is CC1(C(=O)O)CN(CC2=Cc3ccc(OCc4ccc(-n5cccc5)c(C(F)(F)F)c4)cc3OC2)C1. The number of likely N-dealkylation sites (tertiary alicyclic amines) is 1. The van der Waals surface area contributed by atoms with Crippen molar-refractivity contribution in [2.24, 2.45) is 5.41 Å². The van der Waals surface area contributed by atoms with Crippen LogP contribution in [0.5, 0.6) is 11.5 Å². The second kappa shape index (κ2) is 9.05. The van der Waals surface area contributed by atoms with Gasteiger partial charge in [0.25, 0.3) is 0 Å². The highest BCUT2D eigenvalue weighted by atomic mass is 19.4. The number of nitrogens with zero attached hydrogens (tertiary/aromatic N) is 2. The number of alkyl halides is 3. The molecule has 2 aliphatic rings. The standard InChI is InChI=1S/C27H25F3N2O4/c1-26(25(33)34)16-31(17-26)13-19-10-20-5-6-21(12-24(20)36-15-19)35-14-18-4-7-23(32-8-2-3-9-32)22(11-18)27(28,29)30/h2-12H,13-17H2,1H3,(H,33,34). The van der Waals surface area contributed by atoms with E-state index in [2.05, 4.69) is 4.90 Å². The number of ether oxygens (including phenoxy) is 2. The number of rotatable bonds is 7. The molecule has 0 spiro atoms. The van der Waals surface area contributed by atoms with E-state index in [1.165, 1.54) is 10.6 Å². The molecule has 2 aromatic carbocycles. The fraction of sp³-hybridized carbons (Fsp3) is 0.296. The first kappa shape index (κ1) is 24.0. The number of carbonyl (C=O) groups is 1. The van der Waals surface area contributed by atoms with E-state index in [9.17, 15) is 23.1 Å². The van der Waals surface area contributed by atoms with E-state index in [-0.39, 0.29) is 12.3 Å². The molecule has 0 bridgehead atoms. The molecule has 1 N–H and O–H groups in total. The Morgan fingerprint density at radius 2 is 1.89 bits per heavy atom. The lowest BCUT2D eigenvalue weighted by Crippen LogP contribution is -2.59. The van der Waals surface area contributed by atoms with Crippen molar-refractivity contribution in [1.82, 2.24) is 9.47 Å². The molecule has 0 unspecified atom stereocenters. The first-order valence-corrected chi connectivity index (χ1v) is 11.5. The van der Waals surface area contributed by atoms with E-state index in [4.69, 9.17) is 9.47 Å². The fourth-order valence-electron chi connectivity index (χ4n) is 4.63. The van der Waals surface area contributed by atoms with E-state index in [0.29, 0.717) is 43.3 Å². The molecule has 0 aliphatic carbocycles. The molecule has 2 aliphatic heterocycles. The summed E-state index contributed by atoms with van der Waals surface area (Å²) in [6, 6.07) is 12.9. The van der Waals surface area contributed by atoms with E-state index in [1.807, 2.05) is 12.1 Å². The van der Waals surface area contributed by atoms with Crippen LogP contribution in [0.3, 0.4) is 0 Å². The van der Waals surface area contributed by atoms with Crippen molar-refractivity contribution in [1.29, 1.82) is 0 Å². The Kier molecular flexibility index (Phi) is 6.04. The van der Waals surface area contributed by atoms with E-state index >= 15 is 0 Å². The molecule has 5 rings (SSSR count). The molecule has 0 radical (unpaired) electrons. The largest absolute Gasteiger partial charge is 0.489 e. The van der Waals surface area contributed by atoms with Crippen molar-refractivity contribution in [3.63, 3.8) is 0 Å². The van der Waals surface area contributed by atoms with Crippen LogP contribution in [0.4, 0.5) is 13.2 Å². The summed E-state index contributed by atoms with van der Waals surface area (Å²) in [4.78, 5) is 13.3. The van der Waals surface area contributed by atoms with Gasteiger partial charge in [-0.05, 0) is 60.5 Å². The maximum Gasteiger partial charge on any atom is 0.418 e. The number of fused-ring (bicyclic) bond motifs is 1. The zero-order chi connectivity index (χ0) is 25.5. The number of benzene rings is 2. The van der Waals surface area contributed by atoms with Crippen molar-refractivity contribution in [3.8, 4) is 17.2 Å². The highest BCUT2D eigenvalue weighted by Gasteiger charge is 2.45. The van der Waals surface area contributed by atoms with Gasteiger partial charge < -0.3 is 19.1 Å². The van der Waals surface area contributed by atoms with Crippen molar-refractivity contribution >= 4 is 12.0 Å². The van der Waals surface area contributed by atoms with Crippen LogP contribution >= 0.6 is 0 Å². The minimum absolute atomic E-state index is 0.0216. The number of carboxylic acids is 1. The van der Waals surface area contributed by atoms with Crippen LogP contribution in [-0.2, 0) is 17.6 Å². The summed E-state index contributed by atoms with van der Waals surface area (Å²) >= 11 is 0. The molecular weight excluding hydrogens is 473 g/mol. The predicted octanol–water partition coefficient (Wildman–Crippen LogP) is 5.26. The summed E-state index contributed by atoms with van der Waals surface area (Å²) in [5.41, 5.74) is 0.974. The first-order chi connectivity index (χ1) is 17.1. The Labute approximate surface area is 206 Å². The van der Waals surface area contributed by atoms with Crippen LogP contribution in [0.15, 0.2) is 66.5 Å². The summed E-state index contributed by atoms with van der Waals surface area (Å²) in [6.07, 6.45) is 0.672. The normalized spacial score (nSPS) is 16.9. The van der Waals surface area contributed by atoms with E-state index < -0.39 is 23.1 Å². The zero-order valence-corrected chi connectivity index (χ0v) is 19.6. The molecule has 188 valence electrons. The molecule has 3 aromatic rings. The Morgan fingerprint density at radius 3 is 2.58 bits per heavy atom. The van der Waals surface area contributed by atoms with Gasteiger partial charge in [-0.3, -0.25) is 9.69 Å². The van der Waals surface area contributed by atoms with Crippen LogP contribution in [0, 0.1) is 5.41 Å². The second-order valence-corrected chi connectivity index (χ2v) is 9.53. The molecule has 3 heterocycles. The van der Waals surface area contributed by atoms with Crippen molar-refractivity contribution in [2.45, 2.75) is 19.7 Å². The van der Waals surface area contributed by atoms with Gasteiger partial charge in [-0.15, -0.1) is 0 Å². The summed E-state index contributed by atoms with van der Waals surface area (Å²) in [5, 5.41) is 9.26. The lowest BCUT2D eigenvalue weighted by molar-refractivity contribution is -0.158. The van der Waals surface area contributed by atoms with Crippen LogP contribution in [0.25, 0.3) is 11.8 Å². The minimum Gasteiger partial charge on any atom is -0.489 e. The number of aromatic nitrogens is 1. The Morgan fingerprint density at radius 1 is 1.14 bits per heavy atom. The Hall–Kier alpha value is -3.72. The molecule has 1 saturated heterocycles. The number of hydrogen-bond donors (Lipinski definition) is 1. The van der Waals surface area contributed by atoms with Gasteiger partial charge in [-0.25, -0.2) is 0 Å². The molecule has 9 heteroatoms. The van der Waals surface area contributed by atoms with Gasteiger partial charge in [-0.2, -0.15) is 13.2 Å². The maximum atomic E-state index is 13.7. The quantitative estimate of drug-likeness (QED) is 0.482. The molecular formula is C27H25F3N2O4. The van der Waals surface area contributed by atoms with E-state index in [0.717, 1.165) is 17.2 Å². The topological polar surface area (TPSA) is 63.9 Å². The number of halogens is 3. The number of aliphatic carboxylic acids is 1. The van der Waals surface area contributed by atoms with Gasteiger partial charge in [-0.1, -0.05) is 6.07 Å². The van der Waals surface area contributed by atoms with Gasteiger partial charge in [0.15, 0.2) is 0 Å². The van der Waals surface area contributed by atoms with Crippen LogP contribution < -0.4 is 9.47 Å². The van der Waals surface area contributed by atoms with E-state index in [1.54, 1.807) is 49.6 Å². The molecule has 0 saturated carbocycles. The van der Waals surface area contributed by atoms with Crippen molar-refractivity contribution < 1.29 is 32.5 Å². The molecule has 0 amide bonds. The summed E-state index contributed by atoms with van der Waals surface area (Å²) in [6.45, 7) is 3.75. The summed E-state index contributed by atoms with van der Waals surface area (Å²) in [5.74, 6) is 0.347. The summed E-state index contributed by atoms with van der Waals surface area (Å²) < 4.78 is 54.1. The van der Waals surface area contributed by atoms with Gasteiger partial charge in [0.1, 0.15) is 24.7 Å². The lowest BCUT2D eigenvalue weighted by atomic mass is 9.82. The highest BCUT2D eigenvalue weighted by Crippen LogP contribution is 2.36. The number of carboxylic acid groups (broad SMARTS) is 1. The molecule has 1 fully saturated rings. The first-order valence-electron chi connectivity index (χ1n) is 11.5. The third-order valence-electron chi connectivity index (χ3n) is 6.50. The van der Waals surface area contributed by atoms with Gasteiger partial charge in [0.05, 0.1) is 16.7 Å². The van der Waals surface area contributed by atoms with Crippen molar-refractivity contribution in [2.75, 3.05) is 26.2 Å². The van der Waals surface area contributed by atoms with Crippen LogP contribution in [0.1, 0.15) is 23.6 Å². The second-order valence-electron chi connectivity index (χ2n) is 9.53. The Bertz CT molecular complexity index is 1310. The average Bonchev–Trinajstić information content (AvgIpc) is 3.35. The lowest BCUT2D eigenvalue weighted by Gasteiger charge is -2.45. The van der Waals surface area contributed by atoms with Gasteiger partial charge >= 0.3 is 12.1 Å². The summed E-state index contributed by atoms with van der Waals surface area (Å²) in [7, 11) is 0. The molecule has 36 heavy (non-hydrogen) atoms. The number of hydrogen-bond acceptors (Lipinski definition) is 4. The zero-order valence-electron chi connectivity index (χ0n) is 19.6. The molecule has 1 aromatic heterocycles. The average molecular weight is 499 g/mol. The smallest absolute Gasteiger partial charge is 0.418 e. The minimum atomic E-state index is -4.50. The molecule has 0 atom stereocenters. The van der Waals surface area contributed by atoms with Gasteiger partial charge in [0.2, 0.25) is 0 Å².